The van der Waals surface area contributed by atoms with E-state index in [0.717, 1.165) is 16.0 Å². The van der Waals surface area contributed by atoms with Crippen LogP contribution in [-0.4, -0.2) is 7.11 Å². The maximum atomic E-state index is 13.9. The van der Waals surface area contributed by atoms with E-state index >= 15 is 0 Å². The first-order valence-corrected chi connectivity index (χ1v) is 6.71. The summed E-state index contributed by atoms with van der Waals surface area (Å²) in [5.41, 5.74) is 8.25. The summed E-state index contributed by atoms with van der Waals surface area (Å²) in [7, 11) is 1.52. The summed E-state index contributed by atoms with van der Waals surface area (Å²) < 4.78 is 19.1. The summed E-state index contributed by atoms with van der Waals surface area (Å²) in [6.45, 7) is 4.03. The van der Waals surface area contributed by atoms with Crippen molar-refractivity contribution in [2.24, 2.45) is 0 Å². The van der Waals surface area contributed by atoms with Crippen LogP contribution in [0.5, 0.6) is 5.75 Å². The number of rotatable bonds is 3. The third kappa shape index (κ3) is 3.01. The van der Waals surface area contributed by atoms with E-state index in [4.69, 9.17) is 10.5 Å². The predicted octanol–water partition coefficient (Wildman–Crippen LogP) is 4.18. The van der Waals surface area contributed by atoms with E-state index in [1.807, 2.05) is 32.0 Å². The van der Waals surface area contributed by atoms with E-state index in [-0.39, 0.29) is 5.82 Å². The van der Waals surface area contributed by atoms with Gasteiger partial charge in [-0.2, -0.15) is 0 Å². The first-order chi connectivity index (χ1) is 9.01. The van der Waals surface area contributed by atoms with Gasteiger partial charge in [-0.15, -0.1) is 0 Å². The molecule has 2 nitrogen and oxygen atoms in total. The van der Waals surface area contributed by atoms with Gasteiger partial charge in [0, 0.05) is 11.0 Å². The molecule has 2 rings (SSSR count). The summed E-state index contributed by atoms with van der Waals surface area (Å²) >= 11 is 1.38. The molecule has 19 heavy (non-hydrogen) atoms. The number of benzene rings is 2. The highest BCUT2D eigenvalue weighted by molar-refractivity contribution is 7.99. The van der Waals surface area contributed by atoms with Gasteiger partial charge in [-0.3, -0.25) is 0 Å². The molecule has 0 bridgehead atoms. The SMILES string of the molecule is COc1cc(Sc2cc(C)ccc2C)c(F)cc1N. The first kappa shape index (κ1) is 13.7. The average molecular weight is 277 g/mol. The van der Waals surface area contributed by atoms with Gasteiger partial charge >= 0.3 is 0 Å². The number of methoxy groups -OCH3 is 1. The molecule has 0 aliphatic rings. The third-order valence-electron chi connectivity index (χ3n) is 2.85. The van der Waals surface area contributed by atoms with Crippen LogP contribution in [0.4, 0.5) is 10.1 Å². The molecule has 2 N–H and O–H groups in total. The molecule has 0 unspecified atom stereocenters. The van der Waals surface area contributed by atoms with Crippen molar-refractivity contribution < 1.29 is 9.13 Å². The number of nitrogens with two attached hydrogens (primary N) is 1. The zero-order chi connectivity index (χ0) is 14.0. The molecule has 0 aromatic heterocycles. The van der Waals surface area contributed by atoms with E-state index < -0.39 is 0 Å². The van der Waals surface area contributed by atoms with Gasteiger partial charge in [0.15, 0.2) is 0 Å². The van der Waals surface area contributed by atoms with Crippen LogP contribution in [0.15, 0.2) is 40.1 Å². The van der Waals surface area contributed by atoms with Crippen LogP contribution in [0.3, 0.4) is 0 Å². The molecule has 0 saturated heterocycles. The van der Waals surface area contributed by atoms with Crippen LogP contribution < -0.4 is 10.5 Å². The molecule has 0 saturated carbocycles. The zero-order valence-corrected chi connectivity index (χ0v) is 12.0. The van der Waals surface area contributed by atoms with Gasteiger partial charge in [0.1, 0.15) is 11.6 Å². The van der Waals surface area contributed by atoms with E-state index in [1.54, 1.807) is 6.07 Å². The number of hydrogen-bond acceptors (Lipinski definition) is 3. The quantitative estimate of drug-likeness (QED) is 0.855. The van der Waals surface area contributed by atoms with E-state index in [9.17, 15) is 4.39 Å². The van der Waals surface area contributed by atoms with Crippen molar-refractivity contribution in [3.05, 3.63) is 47.3 Å². The molecule has 2 aromatic carbocycles. The van der Waals surface area contributed by atoms with Crippen LogP contribution in [-0.2, 0) is 0 Å². The maximum absolute atomic E-state index is 13.9. The Balaban J connectivity index is 2.40. The number of hydrogen-bond donors (Lipinski definition) is 1. The Labute approximate surface area is 116 Å². The van der Waals surface area contributed by atoms with Crippen molar-refractivity contribution in [1.29, 1.82) is 0 Å². The highest BCUT2D eigenvalue weighted by Gasteiger charge is 2.11. The molecule has 4 heteroatoms. The number of aryl methyl sites for hydroxylation is 2. The molecule has 0 amide bonds. The van der Waals surface area contributed by atoms with Crippen molar-refractivity contribution in [3.8, 4) is 5.75 Å². The Morgan fingerprint density at radius 3 is 2.53 bits per heavy atom. The lowest BCUT2D eigenvalue weighted by Crippen LogP contribution is -1.95. The molecule has 0 aliphatic heterocycles. The minimum atomic E-state index is -0.329. The molecular weight excluding hydrogens is 261 g/mol. The second-order valence-electron chi connectivity index (χ2n) is 4.40. The Kier molecular flexibility index (Phi) is 4.00. The fraction of sp³-hybridized carbons (Fsp3) is 0.200. The lowest BCUT2D eigenvalue weighted by atomic mass is 10.2. The van der Waals surface area contributed by atoms with Gasteiger partial charge in [0.25, 0.3) is 0 Å². The van der Waals surface area contributed by atoms with Gasteiger partial charge < -0.3 is 10.5 Å². The molecule has 100 valence electrons. The molecule has 0 radical (unpaired) electrons. The lowest BCUT2D eigenvalue weighted by molar-refractivity contribution is 0.414. The van der Waals surface area contributed by atoms with Crippen LogP contribution in [0.1, 0.15) is 11.1 Å². The van der Waals surface area contributed by atoms with E-state index in [2.05, 4.69) is 0 Å². The monoisotopic (exact) mass is 277 g/mol. The fourth-order valence-electron chi connectivity index (χ4n) is 1.74. The number of anilines is 1. The highest BCUT2D eigenvalue weighted by atomic mass is 32.2. The van der Waals surface area contributed by atoms with Gasteiger partial charge in [0.05, 0.1) is 17.7 Å². The molecule has 0 atom stereocenters. The summed E-state index contributed by atoms with van der Waals surface area (Å²) in [5.74, 6) is 0.165. The summed E-state index contributed by atoms with van der Waals surface area (Å²) in [6, 6.07) is 9.05. The molecule has 0 heterocycles. The lowest BCUT2D eigenvalue weighted by Gasteiger charge is -2.10. The Morgan fingerprint density at radius 1 is 1.11 bits per heavy atom. The number of nitrogen functional groups attached to an aromatic ring is 1. The Morgan fingerprint density at radius 2 is 1.84 bits per heavy atom. The minimum Gasteiger partial charge on any atom is -0.495 e. The smallest absolute Gasteiger partial charge is 0.143 e. The third-order valence-corrected chi connectivity index (χ3v) is 4.04. The number of ether oxygens (including phenoxy) is 1. The fourth-order valence-corrected chi connectivity index (χ4v) is 2.77. The molecular formula is C15H16FNOS. The zero-order valence-electron chi connectivity index (χ0n) is 11.2. The maximum Gasteiger partial charge on any atom is 0.143 e. The van der Waals surface area contributed by atoms with Crippen molar-refractivity contribution in [1.82, 2.24) is 0 Å². The molecule has 0 spiro atoms. The molecule has 0 fully saturated rings. The van der Waals surface area contributed by atoms with Crippen LogP contribution in [0, 0.1) is 19.7 Å². The van der Waals surface area contributed by atoms with Gasteiger partial charge in [-0.25, -0.2) is 4.39 Å². The first-order valence-electron chi connectivity index (χ1n) is 5.89. The van der Waals surface area contributed by atoms with Crippen molar-refractivity contribution in [2.75, 3.05) is 12.8 Å². The van der Waals surface area contributed by atoms with Crippen LogP contribution in [0.2, 0.25) is 0 Å². The average Bonchev–Trinajstić information content (AvgIpc) is 2.37. The molecule has 2 aromatic rings. The largest absolute Gasteiger partial charge is 0.495 e. The normalized spacial score (nSPS) is 10.5. The summed E-state index contributed by atoms with van der Waals surface area (Å²) in [5, 5.41) is 0. The van der Waals surface area contributed by atoms with Gasteiger partial charge in [-0.1, -0.05) is 23.9 Å². The van der Waals surface area contributed by atoms with Gasteiger partial charge in [-0.05, 0) is 37.1 Å². The Hall–Kier alpha value is -1.68. The Bertz CT molecular complexity index is 613. The standard InChI is InChI=1S/C15H16FNOS/c1-9-4-5-10(2)14(6-9)19-15-8-13(18-3)12(17)7-11(15)16/h4-8H,17H2,1-3H3. The molecule has 0 aliphatic carbocycles. The minimum absolute atomic E-state index is 0.310. The summed E-state index contributed by atoms with van der Waals surface area (Å²) in [4.78, 5) is 1.55. The topological polar surface area (TPSA) is 35.2 Å². The summed E-state index contributed by atoms with van der Waals surface area (Å²) in [6.07, 6.45) is 0. The van der Waals surface area contributed by atoms with Crippen molar-refractivity contribution in [2.45, 2.75) is 23.6 Å². The van der Waals surface area contributed by atoms with Gasteiger partial charge in [0.2, 0.25) is 0 Å². The van der Waals surface area contributed by atoms with E-state index in [1.165, 1.54) is 24.9 Å². The predicted molar refractivity (Wildman–Crippen MR) is 77.4 cm³/mol. The highest BCUT2D eigenvalue weighted by Crippen LogP contribution is 2.36. The van der Waals surface area contributed by atoms with E-state index in [0.29, 0.717) is 16.3 Å². The van der Waals surface area contributed by atoms with Crippen LogP contribution >= 0.6 is 11.8 Å². The number of halogens is 1. The van der Waals surface area contributed by atoms with Crippen molar-refractivity contribution in [3.63, 3.8) is 0 Å². The second kappa shape index (κ2) is 5.53. The second-order valence-corrected chi connectivity index (χ2v) is 5.48. The van der Waals surface area contributed by atoms with Crippen LogP contribution in [0.25, 0.3) is 0 Å². The van der Waals surface area contributed by atoms with Crippen molar-refractivity contribution >= 4 is 17.4 Å².